The van der Waals surface area contributed by atoms with E-state index in [1.807, 2.05) is 53.4 Å². The van der Waals surface area contributed by atoms with Gasteiger partial charge in [-0.05, 0) is 93.5 Å². The highest BCUT2D eigenvalue weighted by Crippen LogP contribution is 2.57. The SMILES string of the molecule is FC(F)(F)c1ccc(N(c2ccc(-c3cccc4c3oc3ccccc34)cc2)c2ccc3c(c2)C(c2ccccc2)(c2ccccc2)c2ccccc2-3)cc1. The molecule has 264 valence electrons. The van der Waals surface area contributed by atoms with E-state index in [0.29, 0.717) is 5.69 Å². The first kappa shape index (κ1) is 32.8. The van der Waals surface area contributed by atoms with Gasteiger partial charge in [0.15, 0.2) is 0 Å². The van der Waals surface area contributed by atoms with Gasteiger partial charge in [0.05, 0.1) is 11.0 Å². The van der Waals surface area contributed by atoms with E-state index in [1.165, 1.54) is 5.56 Å². The maximum absolute atomic E-state index is 13.8. The van der Waals surface area contributed by atoms with Crippen LogP contribution in [0.3, 0.4) is 0 Å². The molecule has 5 heteroatoms. The number of halogens is 3. The topological polar surface area (TPSA) is 16.4 Å². The molecule has 1 aromatic heterocycles. The molecule has 1 heterocycles. The maximum Gasteiger partial charge on any atom is 0.416 e. The number of para-hydroxylation sites is 2. The van der Waals surface area contributed by atoms with E-state index in [0.717, 1.165) is 84.4 Å². The molecule has 0 aliphatic heterocycles. The van der Waals surface area contributed by atoms with Gasteiger partial charge in [-0.2, -0.15) is 13.2 Å². The molecule has 10 rings (SSSR count). The lowest BCUT2D eigenvalue weighted by Crippen LogP contribution is -2.28. The summed E-state index contributed by atoms with van der Waals surface area (Å²) in [7, 11) is 0. The molecule has 1 aliphatic rings. The Morgan fingerprint density at radius 1 is 0.436 bits per heavy atom. The number of anilines is 3. The molecule has 9 aromatic rings. The Morgan fingerprint density at radius 2 is 0.982 bits per heavy atom. The van der Waals surface area contributed by atoms with Crippen LogP contribution >= 0.6 is 0 Å². The second-order valence-electron chi connectivity index (χ2n) is 14.0. The zero-order chi connectivity index (χ0) is 37.1. The summed E-state index contributed by atoms with van der Waals surface area (Å²) in [5.74, 6) is 0. The van der Waals surface area contributed by atoms with Crippen LogP contribution in [0.5, 0.6) is 0 Å². The number of fused-ring (bicyclic) bond motifs is 6. The summed E-state index contributed by atoms with van der Waals surface area (Å²) in [5.41, 5.74) is 11.3. The lowest BCUT2D eigenvalue weighted by Gasteiger charge is -2.35. The lowest BCUT2D eigenvalue weighted by atomic mass is 9.67. The summed E-state index contributed by atoms with van der Waals surface area (Å²) in [4.78, 5) is 2.04. The minimum atomic E-state index is -4.45. The number of benzene rings is 8. The third kappa shape index (κ3) is 5.19. The number of rotatable bonds is 6. The summed E-state index contributed by atoms with van der Waals surface area (Å²) in [6.07, 6.45) is -4.45. The number of nitrogens with zero attached hydrogens (tertiary/aromatic N) is 1. The normalized spacial score (nSPS) is 13.1. The van der Waals surface area contributed by atoms with Gasteiger partial charge in [-0.25, -0.2) is 0 Å². The van der Waals surface area contributed by atoms with Gasteiger partial charge in [-0.1, -0.05) is 140 Å². The third-order valence-electron chi connectivity index (χ3n) is 11.0. The van der Waals surface area contributed by atoms with E-state index in [1.54, 1.807) is 12.1 Å². The van der Waals surface area contributed by atoms with E-state index in [-0.39, 0.29) is 0 Å². The molecule has 55 heavy (non-hydrogen) atoms. The van der Waals surface area contributed by atoms with Gasteiger partial charge >= 0.3 is 6.18 Å². The largest absolute Gasteiger partial charge is 0.455 e. The first-order valence-electron chi connectivity index (χ1n) is 18.2. The van der Waals surface area contributed by atoms with Crippen molar-refractivity contribution in [3.63, 3.8) is 0 Å². The van der Waals surface area contributed by atoms with Gasteiger partial charge in [0.25, 0.3) is 0 Å². The number of hydrogen-bond donors (Lipinski definition) is 0. The van der Waals surface area contributed by atoms with Crippen molar-refractivity contribution in [2.45, 2.75) is 11.6 Å². The average molecular weight is 720 g/mol. The van der Waals surface area contributed by atoms with Crippen molar-refractivity contribution < 1.29 is 17.6 Å². The van der Waals surface area contributed by atoms with Gasteiger partial charge in [0, 0.05) is 33.4 Å². The second kappa shape index (κ2) is 12.6. The van der Waals surface area contributed by atoms with Crippen molar-refractivity contribution in [2.75, 3.05) is 4.90 Å². The van der Waals surface area contributed by atoms with Crippen LogP contribution in [0.15, 0.2) is 199 Å². The van der Waals surface area contributed by atoms with Crippen molar-refractivity contribution in [1.29, 1.82) is 0 Å². The highest BCUT2D eigenvalue weighted by molar-refractivity contribution is 6.09. The highest BCUT2D eigenvalue weighted by atomic mass is 19.4. The molecule has 0 unspecified atom stereocenters. The van der Waals surface area contributed by atoms with Crippen molar-refractivity contribution in [3.8, 4) is 22.3 Å². The fourth-order valence-electron chi connectivity index (χ4n) is 8.58. The average Bonchev–Trinajstić information content (AvgIpc) is 3.76. The molecule has 0 radical (unpaired) electrons. The lowest BCUT2D eigenvalue weighted by molar-refractivity contribution is -0.137. The molecule has 0 atom stereocenters. The second-order valence-corrected chi connectivity index (χ2v) is 14.0. The van der Waals surface area contributed by atoms with E-state index in [9.17, 15) is 13.2 Å². The first-order valence-corrected chi connectivity index (χ1v) is 18.2. The van der Waals surface area contributed by atoms with Gasteiger partial charge < -0.3 is 9.32 Å². The van der Waals surface area contributed by atoms with E-state index >= 15 is 0 Å². The molecule has 0 spiro atoms. The number of furan rings is 1. The molecule has 0 bridgehead atoms. The summed E-state index contributed by atoms with van der Waals surface area (Å²) in [6, 6.07) is 63.8. The minimum Gasteiger partial charge on any atom is -0.455 e. The van der Waals surface area contributed by atoms with Crippen LogP contribution in [0.1, 0.15) is 27.8 Å². The van der Waals surface area contributed by atoms with Crippen molar-refractivity contribution >= 4 is 39.0 Å². The predicted molar refractivity (Wildman–Crippen MR) is 216 cm³/mol. The smallest absolute Gasteiger partial charge is 0.416 e. The Kier molecular flexibility index (Phi) is 7.53. The summed E-state index contributed by atoms with van der Waals surface area (Å²) in [5, 5.41) is 2.10. The van der Waals surface area contributed by atoms with Gasteiger partial charge in [-0.3, -0.25) is 0 Å². The van der Waals surface area contributed by atoms with Crippen molar-refractivity contribution in [2.24, 2.45) is 0 Å². The number of alkyl halides is 3. The zero-order valence-electron chi connectivity index (χ0n) is 29.5. The van der Waals surface area contributed by atoms with Crippen molar-refractivity contribution in [1.82, 2.24) is 0 Å². The fourth-order valence-corrected chi connectivity index (χ4v) is 8.58. The Balaban J connectivity index is 1.17. The third-order valence-corrected chi connectivity index (χ3v) is 11.0. The predicted octanol–water partition coefficient (Wildman–Crippen LogP) is 14.1. The molecule has 0 saturated carbocycles. The minimum absolute atomic E-state index is 0.612. The Bertz CT molecular complexity index is 2800. The van der Waals surface area contributed by atoms with Gasteiger partial charge in [-0.15, -0.1) is 0 Å². The summed E-state index contributed by atoms with van der Waals surface area (Å²) >= 11 is 0. The van der Waals surface area contributed by atoms with Crippen LogP contribution in [0.4, 0.5) is 30.2 Å². The van der Waals surface area contributed by atoms with Crippen molar-refractivity contribution in [3.05, 3.63) is 222 Å². The Morgan fingerprint density at radius 3 is 1.67 bits per heavy atom. The van der Waals surface area contributed by atoms with Crippen LogP contribution in [-0.4, -0.2) is 0 Å². The standard InChI is InChI=1S/C50H32F3NO/c51-50(52,53)36-24-28-38(29-25-36)54(37-26-22-33(23-27-37)40-18-11-19-44-43-17-8-10-21-47(43)55-48(40)44)39-30-31-42-41-16-7-9-20-45(41)49(46(42)32-39,34-12-3-1-4-13-34)35-14-5-2-6-15-35/h1-32H. The van der Waals surface area contributed by atoms with E-state index in [2.05, 4.69) is 121 Å². The zero-order valence-corrected chi connectivity index (χ0v) is 29.5. The van der Waals surface area contributed by atoms with Crippen LogP contribution < -0.4 is 4.90 Å². The summed E-state index contributed by atoms with van der Waals surface area (Å²) < 4.78 is 47.8. The van der Waals surface area contributed by atoms with Gasteiger partial charge in [0.1, 0.15) is 11.2 Å². The van der Waals surface area contributed by atoms with Crippen LogP contribution in [0.25, 0.3) is 44.2 Å². The molecule has 1 aliphatic carbocycles. The molecule has 8 aromatic carbocycles. The Hall–Kier alpha value is -6.85. The number of hydrogen-bond acceptors (Lipinski definition) is 2. The fraction of sp³-hybridized carbons (Fsp3) is 0.0400. The quantitative estimate of drug-likeness (QED) is 0.170. The molecular formula is C50H32F3NO. The Labute approximate surface area is 316 Å². The monoisotopic (exact) mass is 719 g/mol. The molecule has 0 amide bonds. The van der Waals surface area contributed by atoms with E-state index < -0.39 is 17.2 Å². The van der Waals surface area contributed by atoms with Crippen LogP contribution in [-0.2, 0) is 11.6 Å². The maximum atomic E-state index is 13.8. The van der Waals surface area contributed by atoms with E-state index in [4.69, 9.17) is 4.42 Å². The molecule has 0 fully saturated rings. The van der Waals surface area contributed by atoms with Crippen LogP contribution in [0, 0.1) is 0 Å². The molecule has 2 nitrogen and oxygen atoms in total. The van der Waals surface area contributed by atoms with Gasteiger partial charge in [0.2, 0.25) is 0 Å². The highest BCUT2D eigenvalue weighted by Gasteiger charge is 2.46. The van der Waals surface area contributed by atoms with Crippen LogP contribution in [0.2, 0.25) is 0 Å². The molecular weight excluding hydrogens is 688 g/mol. The summed E-state index contributed by atoms with van der Waals surface area (Å²) in [6.45, 7) is 0. The molecule has 0 N–H and O–H groups in total. The molecule has 0 saturated heterocycles. The first-order chi connectivity index (χ1) is 26.9.